The smallest absolute Gasteiger partial charge is 0.339 e. The summed E-state index contributed by atoms with van der Waals surface area (Å²) in [5.74, 6) is -1.21. The second kappa shape index (κ2) is 7.55. The van der Waals surface area contributed by atoms with Crippen molar-refractivity contribution in [3.8, 4) is 5.75 Å². The zero-order valence-electron chi connectivity index (χ0n) is 11.7. The maximum atomic E-state index is 13.3. The summed E-state index contributed by atoms with van der Waals surface area (Å²) in [4.78, 5) is 21.8. The van der Waals surface area contributed by atoms with Gasteiger partial charge in [0.25, 0.3) is 5.69 Å². The van der Waals surface area contributed by atoms with E-state index < -0.39 is 16.7 Å². The first-order chi connectivity index (χ1) is 11.0. The molecule has 0 atom stereocenters. The van der Waals surface area contributed by atoms with Gasteiger partial charge in [-0.05, 0) is 18.2 Å². The fourth-order valence-corrected chi connectivity index (χ4v) is 1.96. The Hall–Kier alpha value is -2.67. The van der Waals surface area contributed by atoms with Crippen molar-refractivity contribution in [1.82, 2.24) is 0 Å². The molecule has 0 heterocycles. The molecule has 0 aliphatic rings. The quantitative estimate of drug-likeness (QED) is 0.347. The first kappa shape index (κ1) is 16.7. The van der Waals surface area contributed by atoms with E-state index >= 15 is 0 Å². The normalized spacial score (nSPS) is 10.2. The van der Waals surface area contributed by atoms with Crippen molar-refractivity contribution in [1.29, 1.82) is 0 Å². The number of non-ortho nitro benzene ring substituents is 1. The molecule has 6 nitrogen and oxygen atoms in total. The third-order valence-electron chi connectivity index (χ3n) is 2.79. The highest BCUT2D eigenvalue weighted by molar-refractivity contribution is 6.33. The molecule has 0 aliphatic heterocycles. The van der Waals surface area contributed by atoms with Gasteiger partial charge in [0, 0.05) is 12.1 Å². The number of esters is 1. The van der Waals surface area contributed by atoms with E-state index in [1.165, 1.54) is 24.3 Å². The highest BCUT2D eigenvalue weighted by atomic mass is 35.5. The number of nitro groups is 1. The Morgan fingerprint density at radius 2 is 1.96 bits per heavy atom. The molecule has 0 amide bonds. The minimum absolute atomic E-state index is 0.00292. The van der Waals surface area contributed by atoms with E-state index in [0.29, 0.717) is 0 Å². The largest absolute Gasteiger partial charge is 0.487 e. The summed E-state index contributed by atoms with van der Waals surface area (Å²) in [5.41, 5.74) is -0.224. The zero-order valence-corrected chi connectivity index (χ0v) is 12.5. The molecule has 0 saturated heterocycles. The van der Waals surface area contributed by atoms with E-state index in [0.717, 1.165) is 12.1 Å². The number of nitro benzene ring substituents is 1. The van der Waals surface area contributed by atoms with Crippen molar-refractivity contribution in [3.05, 3.63) is 69.0 Å². The van der Waals surface area contributed by atoms with Gasteiger partial charge in [0.1, 0.15) is 13.2 Å². The van der Waals surface area contributed by atoms with Crippen LogP contribution < -0.4 is 4.74 Å². The van der Waals surface area contributed by atoms with Crippen LogP contribution in [0.2, 0.25) is 5.02 Å². The molecule has 2 aromatic rings. The highest BCUT2D eigenvalue weighted by Gasteiger charge is 2.16. The Bertz CT molecular complexity index is 738. The van der Waals surface area contributed by atoms with E-state index in [1.807, 2.05) is 0 Å². The van der Waals surface area contributed by atoms with Crippen LogP contribution in [0.1, 0.15) is 10.4 Å². The predicted molar refractivity (Wildman–Crippen MR) is 80.3 cm³/mol. The van der Waals surface area contributed by atoms with E-state index in [-0.39, 0.29) is 35.2 Å². The number of halogens is 2. The van der Waals surface area contributed by atoms with Crippen molar-refractivity contribution in [2.45, 2.75) is 0 Å². The zero-order chi connectivity index (χ0) is 16.8. The van der Waals surface area contributed by atoms with Gasteiger partial charge >= 0.3 is 5.97 Å². The molecule has 23 heavy (non-hydrogen) atoms. The van der Waals surface area contributed by atoms with Crippen LogP contribution in [-0.2, 0) is 4.74 Å². The minimum atomic E-state index is -0.748. The molecule has 0 aromatic heterocycles. The van der Waals surface area contributed by atoms with Crippen LogP contribution in [0.25, 0.3) is 0 Å². The molecule has 0 N–H and O–H groups in total. The van der Waals surface area contributed by atoms with Crippen molar-refractivity contribution in [2.75, 3.05) is 13.2 Å². The van der Waals surface area contributed by atoms with E-state index in [1.54, 1.807) is 6.07 Å². The van der Waals surface area contributed by atoms with Gasteiger partial charge in [-0.3, -0.25) is 10.1 Å². The summed E-state index contributed by atoms with van der Waals surface area (Å²) in [6.45, 7) is -0.169. The number of ether oxygens (including phenoxy) is 2. The molecule has 0 saturated carbocycles. The van der Waals surface area contributed by atoms with Crippen LogP contribution in [0.5, 0.6) is 5.75 Å². The van der Waals surface area contributed by atoms with Crippen molar-refractivity contribution < 1.29 is 23.6 Å². The number of carbonyl (C=O) groups is 1. The van der Waals surface area contributed by atoms with Crippen LogP contribution in [-0.4, -0.2) is 24.1 Å². The van der Waals surface area contributed by atoms with Gasteiger partial charge in [-0.2, -0.15) is 0 Å². The van der Waals surface area contributed by atoms with Gasteiger partial charge in [0.05, 0.1) is 15.5 Å². The summed E-state index contributed by atoms with van der Waals surface area (Å²) in [6, 6.07) is 9.26. The second-order valence-corrected chi connectivity index (χ2v) is 4.74. The number of benzene rings is 2. The third-order valence-corrected chi connectivity index (χ3v) is 3.11. The van der Waals surface area contributed by atoms with Gasteiger partial charge in [-0.25, -0.2) is 9.18 Å². The lowest BCUT2D eigenvalue weighted by Crippen LogP contribution is -2.13. The van der Waals surface area contributed by atoms with E-state index in [9.17, 15) is 19.3 Å². The molecule has 0 fully saturated rings. The van der Waals surface area contributed by atoms with E-state index in [4.69, 9.17) is 21.1 Å². The van der Waals surface area contributed by atoms with Crippen molar-refractivity contribution in [2.24, 2.45) is 0 Å². The maximum Gasteiger partial charge on any atom is 0.339 e. The summed E-state index contributed by atoms with van der Waals surface area (Å²) < 4.78 is 23.4. The number of hydrogen-bond donors (Lipinski definition) is 0. The van der Waals surface area contributed by atoms with E-state index in [2.05, 4.69) is 0 Å². The fraction of sp³-hybridized carbons (Fsp3) is 0.133. The molecule has 2 rings (SSSR count). The lowest BCUT2D eigenvalue weighted by molar-refractivity contribution is -0.384. The van der Waals surface area contributed by atoms with Gasteiger partial charge in [0.2, 0.25) is 0 Å². The molecule has 0 unspecified atom stereocenters. The maximum absolute atomic E-state index is 13.3. The van der Waals surface area contributed by atoms with Crippen LogP contribution >= 0.6 is 11.6 Å². The molecule has 2 aromatic carbocycles. The summed E-state index contributed by atoms with van der Waals surface area (Å²) >= 11 is 5.81. The first-order valence-electron chi connectivity index (χ1n) is 6.47. The molecular weight excluding hydrogens is 329 g/mol. The second-order valence-electron chi connectivity index (χ2n) is 4.34. The molecule has 0 spiro atoms. The first-order valence-corrected chi connectivity index (χ1v) is 6.85. The Kier molecular flexibility index (Phi) is 5.48. The molecule has 0 radical (unpaired) electrons. The topological polar surface area (TPSA) is 78.7 Å². The standard InChI is InChI=1S/C15H11ClFNO5/c16-12-9-10(18(20)21)5-6-11(12)15(19)23-8-7-22-14-4-2-1-3-13(14)17/h1-6,9H,7-8H2. The summed E-state index contributed by atoms with van der Waals surface area (Å²) in [5, 5.41) is 10.5. The molecular formula is C15H11ClFNO5. The number of hydrogen-bond acceptors (Lipinski definition) is 5. The number of carbonyl (C=O) groups excluding carboxylic acids is 1. The fourth-order valence-electron chi connectivity index (χ4n) is 1.71. The lowest BCUT2D eigenvalue weighted by Gasteiger charge is -2.08. The highest BCUT2D eigenvalue weighted by Crippen LogP contribution is 2.23. The number of nitrogens with zero attached hydrogens (tertiary/aromatic N) is 1. The van der Waals surface area contributed by atoms with Gasteiger partial charge in [0.15, 0.2) is 11.6 Å². The third kappa shape index (κ3) is 4.40. The molecule has 8 heteroatoms. The van der Waals surface area contributed by atoms with Gasteiger partial charge in [-0.15, -0.1) is 0 Å². The number of para-hydroxylation sites is 1. The monoisotopic (exact) mass is 339 g/mol. The Morgan fingerprint density at radius 1 is 1.22 bits per heavy atom. The predicted octanol–water partition coefficient (Wildman–Crippen LogP) is 3.62. The van der Waals surface area contributed by atoms with Crippen LogP contribution in [0.15, 0.2) is 42.5 Å². The molecule has 0 aliphatic carbocycles. The Morgan fingerprint density at radius 3 is 2.61 bits per heavy atom. The average Bonchev–Trinajstić information content (AvgIpc) is 2.52. The SMILES string of the molecule is O=C(OCCOc1ccccc1F)c1ccc([N+](=O)[O-])cc1Cl. The van der Waals surface area contributed by atoms with Crippen LogP contribution in [0, 0.1) is 15.9 Å². The van der Waals surface area contributed by atoms with Crippen molar-refractivity contribution >= 4 is 23.3 Å². The minimum Gasteiger partial charge on any atom is -0.487 e. The summed E-state index contributed by atoms with van der Waals surface area (Å²) in [7, 11) is 0. The van der Waals surface area contributed by atoms with Crippen molar-refractivity contribution in [3.63, 3.8) is 0 Å². The molecule has 120 valence electrons. The van der Waals surface area contributed by atoms with Gasteiger partial charge < -0.3 is 9.47 Å². The van der Waals surface area contributed by atoms with Gasteiger partial charge in [-0.1, -0.05) is 23.7 Å². The average molecular weight is 340 g/mol. The summed E-state index contributed by atoms with van der Waals surface area (Å²) in [6.07, 6.45) is 0. The Balaban J connectivity index is 1.88. The Labute approximate surface area is 135 Å². The van der Waals surface area contributed by atoms with Crippen LogP contribution in [0.4, 0.5) is 10.1 Å². The lowest BCUT2D eigenvalue weighted by atomic mass is 10.2. The molecule has 0 bridgehead atoms. The number of rotatable bonds is 6. The van der Waals surface area contributed by atoms with Crippen LogP contribution in [0.3, 0.4) is 0 Å².